The molecule has 0 spiro atoms. The highest BCUT2D eigenvalue weighted by Gasteiger charge is 2.27. The number of ether oxygens (including phenoxy) is 2. The van der Waals surface area contributed by atoms with Crippen LogP contribution in [0.25, 0.3) is 0 Å². The van der Waals surface area contributed by atoms with E-state index in [1.54, 1.807) is 0 Å². The van der Waals surface area contributed by atoms with E-state index in [4.69, 9.17) is 18.5 Å². The average Bonchev–Trinajstić information content (AvgIpc) is 3.70. The van der Waals surface area contributed by atoms with Gasteiger partial charge in [-0.15, -0.1) is 0 Å². The third-order valence-electron chi connectivity index (χ3n) is 17.1. The molecule has 0 heterocycles. The molecule has 508 valence electrons. The third-order valence-corrected chi connectivity index (χ3v) is 18.1. The van der Waals surface area contributed by atoms with Crippen molar-refractivity contribution in [3.63, 3.8) is 0 Å². The lowest BCUT2D eigenvalue weighted by Gasteiger charge is -2.24. The van der Waals surface area contributed by atoms with Gasteiger partial charge in [-0.3, -0.25) is 18.6 Å². The van der Waals surface area contributed by atoms with Gasteiger partial charge in [0, 0.05) is 12.8 Å². The summed E-state index contributed by atoms with van der Waals surface area (Å²) >= 11 is 0. The summed E-state index contributed by atoms with van der Waals surface area (Å²) in [4.78, 5) is 35.9. The Bertz CT molecular complexity index is 1540. The Morgan fingerprint density at radius 2 is 0.628 bits per heavy atom. The van der Waals surface area contributed by atoms with Crippen LogP contribution in [0.1, 0.15) is 386 Å². The Morgan fingerprint density at radius 3 is 0.930 bits per heavy atom. The molecular weight excluding hydrogens is 1090 g/mol. The summed E-state index contributed by atoms with van der Waals surface area (Å²) < 4.78 is 34.8. The normalized spacial score (nSPS) is 13.2. The van der Waals surface area contributed by atoms with E-state index in [1.165, 1.54) is 315 Å². The molecule has 0 radical (unpaired) electrons. The van der Waals surface area contributed by atoms with E-state index in [2.05, 4.69) is 50.3 Å². The van der Waals surface area contributed by atoms with Crippen LogP contribution in [-0.2, 0) is 32.7 Å². The number of phosphoric ester groups is 1. The molecule has 0 amide bonds. The van der Waals surface area contributed by atoms with E-state index >= 15 is 0 Å². The van der Waals surface area contributed by atoms with E-state index in [0.29, 0.717) is 23.9 Å². The van der Waals surface area contributed by atoms with Crippen molar-refractivity contribution in [1.82, 2.24) is 0 Å². The topological polar surface area (TPSA) is 108 Å². The summed E-state index contributed by atoms with van der Waals surface area (Å²) in [5, 5.41) is 0. The van der Waals surface area contributed by atoms with Crippen molar-refractivity contribution >= 4 is 19.8 Å². The van der Waals surface area contributed by atoms with Crippen LogP contribution in [0, 0.1) is 0 Å². The lowest BCUT2D eigenvalue weighted by Crippen LogP contribution is -2.37. The van der Waals surface area contributed by atoms with Crippen LogP contribution in [0.15, 0.2) is 36.5 Å². The average molecular weight is 1230 g/mol. The van der Waals surface area contributed by atoms with E-state index < -0.39 is 26.5 Å². The van der Waals surface area contributed by atoms with Gasteiger partial charge in [0.25, 0.3) is 0 Å². The van der Waals surface area contributed by atoms with E-state index in [9.17, 15) is 19.0 Å². The van der Waals surface area contributed by atoms with Crippen molar-refractivity contribution in [1.29, 1.82) is 0 Å². The molecule has 1 N–H and O–H groups in total. The first-order valence-corrected chi connectivity index (χ1v) is 39.2. The van der Waals surface area contributed by atoms with Gasteiger partial charge in [-0.1, -0.05) is 339 Å². The van der Waals surface area contributed by atoms with E-state index in [0.717, 1.165) is 38.5 Å². The van der Waals surface area contributed by atoms with Crippen molar-refractivity contribution in [2.24, 2.45) is 0 Å². The maximum absolute atomic E-state index is 12.9. The number of nitrogens with zero attached hydrogens (tertiary/aromatic N) is 1. The minimum absolute atomic E-state index is 0.0341. The number of carbonyl (C=O) groups is 2. The summed E-state index contributed by atoms with van der Waals surface area (Å²) in [7, 11) is 1.50. The van der Waals surface area contributed by atoms with Crippen molar-refractivity contribution in [3.8, 4) is 0 Å². The van der Waals surface area contributed by atoms with Gasteiger partial charge >= 0.3 is 19.8 Å². The molecular formula is C76H147NO8P+. The minimum Gasteiger partial charge on any atom is -0.462 e. The number of allylic oxidation sites excluding steroid dienone is 6. The van der Waals surface area contributed by atoms with Crippen LogP contribution in [0.3, 0.4) is 0 Å². The Morgan fingerprint density at radius 1 is 0.360 bits per heavy atom. The van der Waals surface area contributed by atoms with Crippen LogP contribution >= 0.6 is 7.82 Å². The molecule has 0 aromatic rings. The Kier molecular flexibility index (Phi) is 66.2. The molecule has 86 heavy (non-hydrogen) atoms. The molecule has 0 rings (SSSR count). The molecule has 10 heteroatoms. The predicted octanol–water partition coefficient (Wildman–Crippen LogP) is 24.6. The zero-order chi connectivity index (χ0) is 62.6. The number of likely N-dealkylation sites (N-methyl/N-ethyl adjacent to an activating group) is 1. The van der Waals surface area contributed by atoms with Crippen molar-refractivity contribution in [2.75, 3.05) is 47.5 Å². The number of carbonyl (C=O) groups excluding carboxylic acids is 2. The van der Waals surface area contributed by atoms with Gasteiger partial charge in [0.1, 0.15) is 19.8 Å². The third kappa shape index (κ3) is 71.3. The van der Waals surface area contributed by atoms with Gasteiger partial charge in [-0.05, 0) is 70.6 Å². The SMILES string of the molecule is CCCCCCC/C=C\C/C=C\CCCCCCCCCCCCCCCC(=O)OC(COC(=O)CCCCCCCCCCCCCCCCCCCCCCCCCCC/C=C\CCCCCCCCCC)COP(=O)(O)OCC[N+](C)(C)C. The minimum atomic E-state index is -4.39. The maximum Gasteiger partial charge on any atom is 0.472 e. The largest absolute Gasteiger partial charge is 0.472 e. The second kappa shape index (κ2) is 67.6. The Labute approximate surface area is 535 Å². The molecule has 0 aliphatic carbocycles. The van der Waals surface area contributed by atoms with Crippen LogP contribution in [0.5, 0.6) is 0 Å². The quantitative estimate of drug-likeness (QED) is 0.0211. The number of hydrogen-bond acceptors (Lipinski definition) is 7. The molecule has 0 aliphatic rings. The molecule has 0 aromatic carbocycles. The Balaban J connectivity index is 3.92. The highest BCUT2D eigenvalue weighted by Crippen LogP contribution is 2.43. The molecule has 2 unspecified atom stereocenters. The highest BCUT2D eigenvalue weighted by atomic mass is 31.2. The number of esters is 2. The molecule has 0 saturated heterocycles. The predicted molar refractivity (Wildman–Crippen MR) is 372 cm³/mol. The highest BCUT2D eigenvalue weighted by molar-refractivity contribution is 7.47. The van der Waals surface area contributed by atoms with Gasteiger partial charge in [-0.25, -0.2) is 4.57 Å². The molecule has 9 nitrogen and oxygen atoms in total. The molecule has 0 fully saturated rings. The van der Waals surface area contributed by atoms with Gasteiger partial charge in [0.2, 0.25) is 0 Å². The van der Waals surface area contributed by atoms with Gasteiger partial charge in [0.15, 0.2) is 6.10 Å². The number of rotatable bonds is 71. The number of quaternary nitrogens is 1. The fraction of sp³-hybridized carbons (Fsp3) is 0.895. The first kappa shape index (κ1) is 84.2. The standard InChI is InChI=1S/C76H146NO8P/c1-6-8-10-12-14-16-18-20-22-24-26-28-30-32-33-34-35-36-37-38-39-40-41-42-43-45-46-48-50-52-54-56-58-60-62-64-66-68-75(78)82-72-74(73-84-86(80,81)83-71-70-77(3,4)5)85-76(79)69-67-65-63-61-59-57-55-53-51-49-47-44-31-29-27-25-23-21-19-17-15-13-11-9-7-2/h19,21,24-27,74H,6-18,20,22-23,28-73H2,1-5H3/p+1/b21-19-,26-24-,27-25-. The molecule has 2 atom stereocenters. The van der Waals surface area contributed by atoms with E-state index in [-0.39, 0.29) is 25.6 Å². The summed E-state index contributed by atoms with van der Waals surface area (Å²) in [5.41, 5.74) is 0. The monoisotopic (exact) mass is 1230 g/mol. The van der Waals surface area contributed by atoms with Crippen LogP contribution in [0.4, 0.5) is 0 Å². The summed E-state index contributed by atoms with van der Waals surface area (Å²) in [6.45, 7) is 4.49. The van der Waals surface area contributed by atoms with Crippen LogP contribution < -0.4 is 0 Å². The lowest BCUT2D eigenvalue weighted by molar-refractivity contribution is -0.870. The lowest BCUT2D eigenvalue weighted by atomic mass is 10.0. The fourth-order valence-electron chi connectivity index (χ4n) is 11.3. The summed E-state index contributed by atoms with van der Waals surface area (Å²) in [5.74, 6) is -0.777. The van der Waals surface area contributed by atoms with E-state index in [1.807, 2.05) is 21.1 Å². The first-order valence-electron chi connectivity index (χ1n) is 37.7. The first-order chi connectivity index (χ1) is 42.0. The van der Waals surface area contributed by atoms with Gasteiger partial charge in [-0.2, -0.15) is 0 Å². The Hall–Kier alpha value is -1.77. The zero-order valence-electron chi connectivity index (χ0n) is 58.1. The summed E-state index contributed by atoms with van der Waals surface area (Å²) in [6.07, 6.45) is 87.1. The fourth-order valence-corrected chi connectivity index (χ4v) is 12.1. The van der Waals surface area contributed by atoms with Crippen LogP contribution in [-0.4, -0.2) is 74.9 Å². The molecule has 0 aliphatic heterocycles. The molecule has 0 aromatic heterocycles. The maximum atomic E-state index is 12.9. The molecule has 0 bridgehead atoms. The van der Waals surface area contributed by atoms with Crippen molar-refractivity contribution < 1.29 is 42.1 Å². The zero-order valence-corrected chi connectivity index (χ0v) is 59.0. The summed E-state index contributed by atoms with van der Waals surface area (Å²) in [6, 6.07) is 0. The van der Waals surface area contributed by atoms with Gasteiger partial charge in [0.05, 0.1) is 27.7 Å². The smallest absolute Gasteiger partial charge is 0.462 e. The second-order valence-electron chi connectivity index (χ2n) is 27.0. The van der Waals surface area contributed by atoms with Crippen molar-refractivity contribution in [2.45, 2.75) is 392 Å². The number of phosphoric acid groups is 1. The number of unbranched alkanes of at least 4 members (excludes halogenated alkanes) is 51. The molecule has 0 saturated carbocycles. The number of hydrogen-bond donors (Lipinski definition) is 1. The van der Waals surface area contributed by atoms with Crippen LogP contribution in [0.2, 0.25) is 0 Å². The van der Waals surface area contributed by atoms with Gasteiger partial charge < -0.3 is 18.9 Å². The van der Waals surface area contributed by atoms with Crippen molar-refractivity contribution in [3.05, 3.63) is 36.5 Å². The second-order valence-corrected chi connectivity index (χ2v) is 28.5.